The normalized spacial score (nSPS) is 12.1. The highest BCUT2D eigenvalue weighted by atomic mass is 31.2. The molecule has 0 amide bonds. The number of aromatic nitrogens is 1. The minimum Gasteiger partial charge on any atom is -0.504 e. The van der Waals surface area contributed by atoms with Crippen LogP contribution in [-0.2, 0) is 13.6 Å². The number of benzene rings is 1. The molecule has 0 radical (unpaired) electrons. The maximum Gasteiger partial charge on any atom is 0.363 e. The highest BCUT2D eigenvalue weighted by molar-refractivity contribution is 7.65. The number of nitrogens with one attached hydrogen (secondary N) is 1. The highest BCUT2D eigenvalue weighted by Crippen LogP contribution is 2.61. The van der Waals surface area contributed by atoms with Crippen LogP contribution in [0, 0.1) is 6.92 Å². The molecule has 0 spiro atoms. The number of hydrogen-bond acceptors (Lipinski definition) is 7. The van der Waals surface area contributed by atoms with Crippen molar-refractivity contribution in [3.63, 3.8) is 0 Å². The maximum absolute atomic E-state index is 13.5. The van der Waals surface area contributed by atoms with Crippen molar-refractivity contribution in [2.75, 3.05) is 25.6 Å². The number of ether oxygens (including phenoxy) is 1. The summed E-state index contributed by atoms with van der Waals surface area (Å²) in [4.78, 5) is 4.05. The first-order valence-electron chi connectivity index (χ1n) is 8.59. The number of hydrogen-bond donors (Lipinski definition) is 2. The van der Waals surface area contributed by atoms with Crippen LogP contribution in [-0.4, -0.2) is 30.4 Å². The van der Waals surface area contributed by atoms with Crippen LogP contribution >= 0.6 is 7.60 Å². The van der Waals surface area contributed by atoms with Gasteiger partial charge in [0.1, 0.15) is 0 Å². The van der Waals surface area contributed by atoms with Gasteiger partial charge < -0.3 is 24.2 Å². The molecule has 0 saturated carbocycles. The second-order valence-corrected chi connectivity index (χ2v) is 7.59. The third kappa shape index (κ3) is 5.10. The zero-order chi connectivity index (χ0) is 19.9. The third-order valence-electron chi connectivity index (χ3n) is 3.71. The minimum absolute atomic E-state index is 0.0310. The van der Waals surface area contributed by atoms with Crippen LogP contribution in [0.1, 0.15) is 25.0 Å². The molecule has 1 heterocycles. The van der Waals surface area contributed by atoms with E-state index < -0.39 is 7.60 Å². The number of phenolic OH excluding ortho intramolecular Hbond substituents is 1. The van der Waals surface area contributed by atoms with Gasteiger partial charge in [0.25, 0.3) is 0 Å². The van der Waals surface area contributed by atoms with Crippen LogP contribution in [0.5, 0.6) is 11.5 Å². The Morgan fingerprint density at radius 3 is 2.56 bits per heavy atom. The average Bonchev–Trinajstić information content (AvgIpc) is 2.65. The van der Waals surface area contributed by atoms with Gasteiger partial charge in [-0.05, 0) is 56.2 Å². The van der Waals surface area contributed by atoms with Gasteiger partial charge in [-0.1, -0.05) is 0 Å². The Balaban J connectivity index is 2.58. The molecule has 0 saturated heterocycles. The standard InChI is InChI=1S/C19H25N2O5P/c1-5-25-27(23,26-6-2)18(13-21-16-8-7-9-20-12-16)15-10-14(3)19(22)17(11-15)24-4/h7-13,21-22H,5-6H2,1-4H3/b18-13+. The zero-order valence-corrected chi connectivity index (χ0v) is 16.8. The maximum atomic E-state index is 13.5. The summed E-state index contributed by atoms with van der Waals surface area (Å²) in [6.07, 6.45) is 4.88. The fraction of sp³-hybridized carbons (Fsp3) is 0.316. The number of anilines is 1. The Morgan fingerprint density at radius 1 is 1.30 bits per heavy atom. The van der Waals surface area contributed by atoms with Gasteiger partial charge in [-0.15, -0.1) is 0 Å². The van der Waals surface area contributed by atoms with E-state index in [9.17, 15) is 9.67 Å². The average molecular weight is 392 g/mol. The second-order valence-electron chi connectivity index (χ2n) is 5.59. The van der Waals surface area contributed by atoms with Crippen LogP contribution < -0.4 is 10.1 Å². The summed E-state index contributed by atoms with van der Waals surface area (Å²) in [7, 11) is -2.15. The van der Waals surface area contributed by atoms with Gasteiger partial charge in [-0.2, -0.15) is 0 Å². The van der Waals surface area contributed by atoms with E-state index in [4.69, 9.17) is 13.8 Å². The molecule has 0 unspecified atom stereocenters. The van der Waals surface area contributed by atoms with Gasteiger partial charge in [0.05, 0.1) is 37.5 Å². The molecule has 0 aliphatic heterocycles. The first kappa shape index (κ1) is 21.0. The smallest absolute Gasteiger partial charge is 0.363 e. The first-order valence-corrected chi connectivity index (χ1v) is 10.1. The lowest BCUT2D eigenvalue weighted by molar-refractivity contribution is 0.230. The molecule has 8 heteroatoms. The molecule has 7 nitrogen and oxygen atoms in total. The van der Waals surface area contributed by atoms with Gasteiger partial charge in [-0.25, -0.2) is 0 Å². The summed E-state index contributed by atoms with van der Waals surface area (Å²) < 4.78 is 29.7. The number of pyridine rings is 1. The Bertz CT molecular complexity index is 829. The van der Waals surface area contributed by atoms with Gasteiger partial charge in [0.15, 0.2) is 11.5 Å². The largest absolute Gasteiger partial charge is 0.504 e. The van der Waals surface area contributed by atoms with E-state index in [0.717, 1.165) is 5.69 Å². The molecule has 2 N–H and O–H groups in total. The first-order chi connectivity index (χ1) is 12.9. The lowest BCUT2D eigenvalue weighted by Gasteiger charge is -2.21. The number of methoxy groups -OCH3 is 1. The highest BCUT2D eigenvalue weighted by Gasteiger charge is 2.32. The molecule has 1 aromatic carbocycles. The van der Waals surface area contributed by atoms with Gasteiger partial charge in [0, 0.05) is 12.4 Å². The lowest BCUT2D eigenvalue weighted by atomic mass is 10.1. The van der Waals surface area contributed by atoms with Crippen molar-refractivity contribution >= 4 is 18.6 Å². The predicted octanol–water partition coefficient (Wildman–Crippen LogP) is 4.78. The van der Waals surface area contributed by atoms with Gasteiger partial charge in [0.2, 0.25) is 0 Å². The summed E-state index contributed by atoms with van der Waals surface area (Å²) in [5, 5.41) is 13.5. The summed E-state index contributed by atoms with van der Waals surface area (Å²) in [5.74, 6) is 0.306. The fourth-order valence-corrected chi connectivity index (χ4v) is 4.19. The molecule has 0 aliphatic rings. The SMILES string of the molecule is CCOP(=O)(OCC)/C(=C/Nc1cccnc1)c1cc(C)c(O)c(OC)c1. The van der Waals surface area contributed by atoms with Crippen molar-refractivity contribution in [3.05, 3.63) is 54.0 Å². The molecule has 0 fully saturated rings. The summed E-state index contributed by atoms with van der Waals surface area (Å²) in [6.45, 7) is 5.67. The molecule has 27 heavy (non-hydrogen) atoms. The van der Waals surface area contributed by atoms with Crippen LogP contribution in [0.15, 0.2) is 42.9 Å². The lowest BCUT2D eigenvalue weighted by Crippen LogP contribution is -2.02. The number of aromatic hydroxyl groups is 1. The number of rotatable bonds is 9. The second kappa shape index (κ2) is 9.55. The number of phenols is 1. The van der Waals surface area contributed by atoms with Gasteiger partial charge >= 0.3 is 7.60 Å². The monoisotopic (exact) mass is 392 g/mol. The molecule has 146 valence electrons. The van der Waals surface area contributed by atoms with Crippen LogP contribution in [0.3, 0.4) is 0 Å². The van der Waals surface area contributed by atoms with E-state index in [2.05, 4.69) is 10.3 Å². The van der Waals surface area contributed by atoms with Gasteiger partial charge in [-0.3, -0.25) is 9.55 Å². The topological polar surface area (TPSA) is 89.9 Å². The van der Waals surface area contributed by atoms with Crippen LogP contribution in [0.2, 0.25) is 0 Å². The van der Waals surface area contributed by atoms with Crippen LogP contribution in [0.4, 0.5) is 5.69 Å². The van der Waals surface area contributed by atoms with E-state index >= 15 is 0 Å². The van der Waals surface area contributed by atoms with Crippen molar-refractivity contribution in [2.45, 2.75) is 20.8 Å². The van der Waals surface area contributed by atoms with Crippen molar-refractivity contribution in [1.29, 1.82) is 0 Å². The summed E-state index contributed by atoms with van der Waals surface area (Å²) in [6, 6.07) is 6.92. The molecule has 2 rings (SSSR count). The Labute approximate surface area is 159 Å². The minimum atomic E-state index is -3.61. The van der Waals surface area contributed by atoms with Crippen LogP contribution in [0.25, 0.3) is 5.31 Å². The molecular formula is C19H25N2O5P. The van der Waals surface area contributed by atoms with E-state index in [1.54, 1.807) is 57.6 Å². The van der Waals surface area contributed by atoms with Crippen molar-refractivity contribution < 1.29 is 23.5 Å². The van der Waals surface area contributed by atoms with Crippen molar-refractivity contribution in [3.8, 4) is 11.5 Å². The van der Waals surface area contributed by atoms with Crippen molar-refractivity contribution in [2.24, 2.45) is 0 Å². The molecule has 0 bridgehead atoms. The van der Waals surface area contributed by atoms with Crippen molar-refractivity contribution in [1.82, 2.24) is 4.98 Å². The fourth-order valence-electron chi connectivity index (χ4n) is 2.49. The van der Waals surface area contributed by atoms with E-state index in [0.29, 0.717) is 16.4 Å². The Hall–Kier alpha value is -2.34. The summed E-state index contributed by atoms with van der Waals surface area (Å²) >= 11 is 0. The Kier molecular flexibility index (Phi) is 7.42. The number of nitrogens with zero attached hydrogens (tertiary/aromatic N) is 1. The van der Waals surface area contributed by atoms with E-state index in [1.165, 1.54) is 7.11 Å². The number of aryl methyl sites for hydroxylation is 1. The Morgan fingerprint density at radius 2 is 2.00 bits per heavy atom. The molecular weight excluding hydrogens is 367 g/mol. The molecule has 2 aromatic rings. The molecule has 1 aromatic heterocycles. The third-order valence-corrected chi connectivity index (χ3v) is 5.89. The predicted molar refractivity (Wildman–Crippen MR) is 106 cm³/mol. The molecule has 0 atom stereocenters. The quantitative estimate of drug-likeness (QED) is 0.594. The van der Waals surface area contributed by atoms with E-state index in [1.807, 2.05) is 6.07 Å². The zero-order valence-electron chi connectivity index (χ0n) is 15.9. The molecule has 0 aliphatic carbocycles. The van der Waals surface area contributed by atoms with E-state index in [-0.39, 0.29) is 24.7 Å². The summed E-state index contributed by atoms with van der Waals surface area (Å²) in [5.41, 5.74) is 1.86.